The molecule has 4 nitrogen and oxygen atoms in total. The van der Waals surface area contributed by atoms with Crippen LogP contribution in [0.15, 0.2) is 12.1 Å². The molecule has 0 unspecified atom stereocenters. The van der Waals surface area contributed by atoms with E-state index in [1.165, 1.54) is 0 Å². The highest BCUT2D eigenvalue weighted by molar-refractivity contribution is 6.40. The van der Waals surface area contributed by atoms with Crippen LogP contribution in [0.2, 0.25) is 5.02 Å². The number of hydrogen-bond acceptors (Lipinski definition) is 3. The number of aliphatic carboxylic acids is 1. The Bertz CT molecular complexity index is 524. The van der Waals surface area contributed by atoms with Gasteiger partial charge in [-0.2, -0.15) is 0 Å². The summed E-state index contributed by atoms with van der Waals surface area (Å²) in [7, 11) is 0. The summed E-state index contributed by atoms with van der Waals surface area (Å²) in [6, 6.07) is 1.97. The monoisotopic (exact) mass is 286 g/mol. The molecule has 0 saturated heterocycles. The average Bonchev–Trinajstić information content (AvgIpc) is 2.84. The van der Waals surface area contributed by atoms with Gasteiger partial charge in [0.1, 0.15) is 11.6 Å². The molecule has 0 aromatic heterocycles. The maximum atomic E-state index is 13.5. The molecular formula is C13H12ClFO4. The zero-order valence-corrected chi connectivity index (χ0v) is 10.7. The summed E-state index contributed by atoms with van der Waals surface area (Å²) in [5.74, 6) is -3.84. The summed E-state index contributed by atoms with van der Waals surface area (Å²) in [5, 5.41) is 8.65. The van der Waals surface area contributed by atoms with Crippen LogP contribution in [-0.4, -0.2) is 23.0 Å². The van der Waals surface area contributed by atoms with Crippen molar-refractivity contribution in [1.29, 1.82) is 0 Å². The van der Waals surface area contributed by atoms with Crippen LogP contribution in [0, 0.1) is 5.82 Å². The first kappa shape index (κ1) is 13.8. The SMILES string of the molecule is O=C(O)C(=O)c1cc(OC2CCCC2)c(Cl)cc1F. The number of carboxylic acids is 1. The maximum absolute atomic E-state index is 13.5. The van der Waals surface area contributed by atoms with Gasteiger partial charge >= 0.3 is 5.97 Å². The lowest BCUT2D eigenvalue weighted by Gasteiger charge is -2.15. The van der Waals surface area contributed by atoms with E-state index in [1.807, 2.05) is 0 Å². The molecular weight excluding hydrogens is 275 g/mol. The van der Waals surface area contributed by atoms with E-state index in [9.17, 15) is 14.0 Å². The quantitative estimate of drug-likeness (QED) is 0.682. The smallest absolute Gasteiger partial charge is 0.377 e. The minimum Gasteiger partial charge on any atom is -0.489 e. The predicted octanol–water partition coefficient (Wildman–Crippen LogP) is 3.07. The molecule has 6 heteroatoms. The first-order valence-corrected chi connectivity index (χ1v) is 6.30. The van der Waals surface area contributed by atoms with Gasteiger partial charge in [0.05, 0.1) is 16.7 Å². The first-order valence-electron chi connectivity index (χ1n) is 5.92. The molecule has 0 spiro atoms. The van der Waals surface area contributed by atoms with Crippen LogP contribution in [0.1, 0.15) is 36.0 Å². The number of rotatable bonds is 4. The van der Waals surface area contributed by atoms with Gasteiger partial charge in [-0.15, -0.1) is 0 Å². The standard InChI is InChI=1S/C13H12ClFO4/c14-9-6-10(15)8(12(16)13(17)18)5-11(9)19-7-3-1-2-4-7/h5-7H,1-4H2,(H,17,18). The molecule has 2 rings (SSSR count). The number of Topliss-reactive ketones (excluding diaryl/α,β-unsaturated/α-hetero) is 1. The zero-order valence-electron chi connectivity index (χ0n) is 9.99. The molecule has 1 fully saturated rings. The summed E-state index contributed by atoms with van der Waals surface area (Å²) in [6.07, 6.45) is 3.82. The fraction of sp³-hybridized carbons (Fsp3) is 0.385. The normalized spacial score (nSPS) is 15.5. The molecule has 1 aliphatic rings. The van der Waals surface area contributed by atoms with Crippen molar-refractivity contribution in [3.8, 4) is 5.75 Å². The fourth-order valence-corrected chi connectivity index (χ4v) is 2.29. The highest BCUT2D eigenvalue weighted by atomic mass is 35.5. The van der Waals surface area contributed by atoms with Gasteiger partial charge in [0.15, 0.2) is 0 Å². The molecule has 1 aromatic rings. The zero-order chi connectivity index (χ0) is 14.0. The lowest BCUT2D eigenvalue weighted by atomic mass is 10.1. The van der Waals surface area contributed by atoms with Gasteiger partial charge < -0.3 is 9.84 Å². The molecule has 0 atom stereocenters. The Balaban J connectivity index is 2.30. The topological polar surface area (TPSA) is 63.6 Å². The van der Waals surface area contributed by atoms with E-state index in [4.69, 9.17) is 21.4 Å². The van der Waals surface area contributed by atoms with E-state index in [0.717, 1.165) is 37.8 Å². The van der Waals surface area contributed by atoms with Crippen molar-refractivity contribution < 1.29 is 23.8 Å². The number of carbonyl (C=O) groups excluding carboxylic acids is 1. The maximum Gasteiger partial charge on any atom is 0.377 e. The Kier molecular flexibility index (Phi) is 4.04. The van der Waals surface area contributed by atoms with Gasteiger partial charge in [0.25, 0.3) is 5.78 Å². The summed E-state index contributed by atoms with van der Waals surface area (Å²) >= 11 is 5.84. The average molecular weight is 287 g/mol. The van der Waals surface area contributed by atoms with Gasteiger partial charge in [-0.3, -0.25) is 4.79 Å². The van der Waals surface area contributed by atoms with Crippen LogP contribution in [-0.2, 0) is 4.79 Å². The number of carbonyl (C=O) groups is 2. The summed E-state index contributed by atoms with van der Waals surface area (Å²) in [5.41, 5.74) is -0.537. The number of ketones is 1. The van der Waals surface area contributed by atoms with Gasteiger partial charge in [-0.25, -0.2) is 9.18 Å². The van der Waals surface area contributed by atoms with Crippen LogP contribution >= 0.6 is 11.6 Å². The van der Waals surface area contributed by atoms with E-state index < -0.39 is 23.1 Å². The summed E-state index contributed by atoms with van der Waals surface area (Å²) in [4.78, 5) is 21.9. The van der Waals surface area contributed by atoms with Crippen molar-refractivity contribution in [3.63, 3.8) is 0 Å². The second-order valence-corrected chi connectivity index (χ2v) is 4.83. The second kappa shape index (κ2) is 5.57. The summed E-state index contributed by atoms with van der Waals surface area (Å²) in [6.45, 7) is 0. The van der Waals surface area contributed by atoms with E-state index in [-0.39, 0.29) is 16.9 Å². The molecule has 1 aliphatic carbocycles. The Morgan fingerprint density at radius 3 is 2.53 bits per heavy atom. The third-order valence-corrected chi connectivity index (χ3v) is 3.35. The second-order valence-electron chi connectivity index (χ2n) is 4.42. The molecule has 0 aliphatic heterocycles. The van der Waals surface area contributed by atoms with E-state index in [2.05, 4.69) is 0 Å². The predicted molar refractivity (Wildman–Crippen MR) is 66.3 cm³/mol. The van der Waals surface area contributed by atoms with Crippen molar-refractivity contribution in [2.75, 3.05) is 0 Å². The first-order chi connectivity index (χ1) is 8.99. The number of carboxylic acid groups (broad SMARTS) is 1. The fourth-order valence-electron chi connectivity index (χ4n) is 2.09. The van der Waals surface area contributed by atoms with Crippen LogP contribution < -0.4 is 4.74 Å². The van der Waals surface area contributed by atoms with Gasteiger partial charge in [-0.1, -0.05) is 11.6 Å². The lowest BCUT2D eigenvalue weighted by Crippen LogP contribution is -2.16. The van der Waals surface area contributed by atoms with Crippen molar-refractivity contribution in [1.82, 2.24) is 0 Å². The highest BCUT2D eigenvalue weighted by Gasteiger charge is 2.23. The molecule has 0 amide bonds. The van der Waals surface area contributed by atoms with Crippen LogP contribution in [0.25, 0.3) is 0 Å². The summed E-state index contributed by atoms with van der Waals surface area (Å²) < 4.78 is 19.1. The third kappa shape index (κ3) is 3.04. The Morgan fingerprint density at radius 2 is 1.95 bits per heavy atom. The minimum atomic E-state index is -1.71. The molecule has 1 N–H and O–H groups in total. The Labute approximate surface area is 114 Å². The highest BCUT2D eigenvalue weighted by Crippen LogP contribution is 2.32. The van der Waals surface area contributed by atoms with Crippen molar-refractivity contribution in [3.05, 3.63) is 28.5 Å². The number of benzene rings is 1. The van der Waals surface area contributed by atoms with Crippen LogP contribution in [0.4, 0.5) is 4.39 Å². The van der Waals surface area contributed by atoms with Gasteiger partial charge in [0.2, 0.25) is 0 Å². The third-order valence-electron chi connectivity index (χ3n) is 3.06. The molecule has 1 aromatic carbocycles. The van der Waals surface area contributed by atoms with Crippen molar-refractivity contribution in [2.45, 2.75) is 31.8 Å². The molecule has 0 heterocycles. The van der Waals surface area contributed by atoms with Crippen LogP contribution in [0.5, 0.6) is 5.75 Å². The van der Waals surface area contributed by atoms with E-state index in [0.29, 0.717) is 0 Å². The lowest BCUT2D eigenvalue weighted by molar-refractivity contribution is -0.131. The van der Waals surface area contributed by atoms with Crippen molar-refractivity contribution in [2.24, 2.45) is 0 Å². The molecule has 19 heavy (non-hydrogen) atoms. The minimum absolute atomic E-state index is 0.0178. The number of halogens is 2. The Morgan fingerprint density at radius 1 is 1.32 bits per heavy atom. The molecule has 1 saturated carbocycles. The van der Waals surface area contributed by atoms with Gasteiger partial charge in [-0.05, 0) is 37.8 Å². The van der Waals surface area contributed by atoms with Crippen LogP contribution in [0.3, 0.4) is 0 Å². The van der Waals surface area contributed by atoms with Gasteiger partial charge in [0, 0.05) is 0 Å². The molecule has 0 bridgehead atoms. The van der Waals surface area contributed by atoms with E-state index >= 15 is 0 Å². The molecule has 0 radical (unpaired) electrons. The number of ether oxygens (including phenoxy) is 1. The largest absolute Gasteiger partial charge is 0.489 e. The number of hydrogen-bond donors (Lipinski definition) is 1. The Hall–Kier alpha value is -1.62. The van der Waals surface area contributed by atoms with Crippen molar-refractivity contribution >= 4 is 23.4 Å². The van der Waals surface area contributed by atoms with E-state index in [1.54, 1.807) is 0 Å². The molecule has 102 valence electrons.